The molecule has 2 aliphatic rings. The summed E-state index contributed by atoms with van der Waals surface area (Å²) in [5.41, 5.74) is 0. The predicted octanol–water partition coefficient (Wildman–Crippen LogP) is 3.93. The average molecular weight is 294 g/mol. The Hall–Kier alpha value is 0.560. The van der Waals surface area contributed by atoms with Crippen molar-refractivity contribution in [3.05, 3.63) is 0 Å². The molecule has 0 radical (unpaired) electrons. The van der Waals surface area contributed by atoms with E-state index in [0.717, 1.165) is 6.61 Å². The van der Waals surface area contributed by atoms with Crippen LogP contribution in [0.15, 0.2) is 0 Å². The highest BCUT2D eigenvalue weighted by atomic mass is 35.5. The fourth-order valence-electron chi connectivity index (χ4n) is 2.72. The van der Waals surface area contributed by atoms with Crippen molar-refractivity contribution in [1.29, 1.82) is 0 Å². The lowest BCUT2D eigenvalue weighted by molar-refractivity contribution is 0.0261. The third-order valence-electron chi connectivity index (χ3n) is 3.85. The molecule has 1 aliphatic heterocycles. The van der Waals surface area contributed by atoms with Gasteiger partial charge in [0.05, 0.1) is 6.10 Å². The smallest absolute Gasteiger partial charge is 0.0575 e. The summed E-state index contributed by atoms with van der Waals surface area (Å²) >= 11 is 2.07. The zero-order chi connectivity index (χ0) is 11.8. The van der Waals surface area contributed by atoms with Crippen molar-refractivity contribution < 1.29 is 4.74 Å². The van der Waals surface area contributed by atoms with E-state index in [0.29, 0.717) is 6.10 Å². The first-order valence-corrected chi connectivity index (χ1v) is 8.52. The largest absolute Gasteiger partial charge is 0.378 e. The Morgan fingerprint density at radius 1 is 1.06 bits per heavy atom. The van der Waals surface area contributed by atoms with Gasteiger partial charge in [0.1, 0.15) is 0 Å². The molecule has 0 spiro atoms. The van der Waals surface area contributed by atoms with Gasteiger partial charge in [-0.3, -0.25) is 4.90 Å². The molecule has 1 aliphatic carbocycles. The molecular formula is C14H28ClNOS. The van der Waals surface area contributed by atoms with Crippen molar-refractivity contribution >= 4 is 24.2 Å². The normalized spacial score (nSPS) is 22.0. The minimum atomic E-state index is 0. The molecule has 108 valence electrons. The molecule has 1 heterocycles. The standard InChI is InChI=1S/C14H27NOS.ClH/c1-3-7-14(8-4-1)16-11-6-2-5-9-15-10-12-17-13-15;/h14H,1-13H2;1H. The highest BCUT2D eigenvalue weighted by Gasteiger charge is 2.13. The van der Waals surface area contributed by atoms with Gasteiger partial charge in [0.25, 0.3) is 0 Å². The maximum Gasteiger partial charge on any atom is 0.0575 e. The van der Waals surface area contributed by atoms with Gasteiger partial charge in [-0.05, 0) is 38.6 Å². The van der Waals surface area contributed by atoms with E-state index in [1.54, 1.807) is 0 Å². The molecule has 0 bridgehead atoms. The van der Waals surface area contributed by atoms with Crippen LogP contribution in [0.1, 0.15) is 51.4 Å². The number of hydrogen-bond acceptors (Lipinski definition) is 3. The summed E-state index contributed by atoms with van der Waals surface area (Å²) in [7, 11) is 0. The van der Waals surface area contributed by atoms with Crippen molar-refractivity contribution in [3.63, 3.8) is 0 Å². The SMILES string of the molecule is C1CCC(OCCCCCN2CCSC2)CC1.Cl. The molecule has 4 heteroatoms. The van der Waals surface area contributed by atoms with Crippen LogP contribution in [0.4, 0.5) is 0 Å². The Bertz CT molecular complexity index is 194. The second-order valence-electron chi connectivity index (χ2n) is 5.35. The summed E-state index contributed by atoms with van der Waals surface area (Å²) in [6.45, 7) is 3.61. The van der Waals surface area contributed by atoms with E-state index < -0.39 is 0 Å². The van der Waals surface area contributed by atoms with Gasteiger partial charge in [0.2, 0.25) is 0 Å². The molecule has 18 heavy (non-hydrogen) atoms. The Labute approximate surface area is 123 Å². The fourth-order valence-corrected chi connectivity index (χ4v) is 3.76. The highest BCUT2D eigenvalue weighted by Crippen LogP contribution is 2.20. The topological polar surface area (TPSA) is 12.5 Å². The van der Waals surface area contributed by atoms with E-state index in [2.05, 4.69) is 16.7 Å². The molecule has 1 saturated heterocycles. The molecule has 0 aromatic carbocycles. The number of rotatable bonds is 7. The van der Waals surface area contributed by atoms with E-state index >= 15 is 0 Å². The molecule has 0 unspecified atom stereocenters. The van der Waals surface area contributed by atoms with Crippen LogP contribution in [-0.4, -0.2) is 42.3 Å². The average Bonchev–Trinajstić information content (AvgIpc) is 2.88. The number of halogens is 1. The van der Waals surface area contributed by atoms with Gasteiger partial charge in [-0.15, -0.1) is 24.2 Å². The van der Waals surface area contributed by atoms with Crippen LogP contribution in [0, 0.1) is 0 Å². The second kappa shape index (κ2) is 10.4. The lowest BCUT2D eigenvalue weighted by atomic mass is 9.98. The van der Waals surface area contributed by atoms with Gasteiger partial charge in [0.15, 0.2) is 0 Å². The van der Waals surface area contributed by atoms with E-state index in [9.17, 15) is 0 Å². The molecular weight excluding hydrogens is 266 g/mol. The van der Waals surface area contributed by atoms with Gasteiger partial charge in [-0.1, -0.05) is 19.3 Å². The quantitative estimate of drug-likeness (QED) is 0.660. The van der Waals surface area contributed by atoms with E-state index in [-0.39, 0.29) is 12.4 Å². The second-order valence-corrected chi connectivity index (χ2v) is 6.42. The first kappa shape index (κ1) is 16.6. The van der Waals surface area contributed by atoms with Gasteiger partial charge in [0, 0.05) is 24.8 Å². The molecule has 2 fully saturated rings. The molecule has 0 atom stereocenters. The van der Waals surface area contributed by atoms with E-state index in [4.69, 9.17) is 4.74 Å². The van der Waals surface area contributed by atoms with Crippen LogP contribution in [0.5, 0.6) is 0 Å². The Kier molecular flexibility index (Phi) is 9.56. The van der Waals surface area contributed by atoms with Gasteiger partial charge in [-0.2, -0.15) is 0 Å². The maximum absolute atomic E-state index is 5.94. The highest BCUT2D eigenvalue weighted by molar-refractivity contribution is 7.99. The number of nitrogens with zero attached hydrogens (tertiary/aromatic N) is 1. The summed E-state index contributed by atoms with van der Waals surface area (Å²) in [6, 6.07) is 0. The number of unbranched alkanes of at least 4 members (excludes halogenated alkanes) is 2. The zero-order valence-electron chi connectivity index (χ0n) is 11.4. The Balaban J connectivity index is 0.00000162. The molecule has 1 saturated carbocycles. The Morgan fingerprint density at radius 3 is 2.61 bits per heavy atom. The van der Waals surface area contributed by atoms with Crippen molar-refractivity contribution in [2.24, 2.45) is 0 Å². The van der Waals surface area contributed by atoms with Crippen LogP contribution in [-0.2, 0) is 4.74 Å². The fraction of sp³-hybridized carbons (Fsp3) is 1.00. The van der Waals surface area contributed by atoms with Gasteiger partial charge < -0.3 is 4.74 Å². The molecule has 0 amide bonds. The summed E-state index contributed by atoms with van der Waals surface area (Å²) in [4.78, 5) is 2.58. The molecule has 0 aromatic heterocycles. The Morgan fingerprint density at radius 2 is 1.89 bits per heavy atom. The monoisotopic (exact) mass is 293 g/mol. The van der Waals surface area contributed by atoms with Crippen molar-refractivity contribution in [1.82, 2.24) is 4.90 Å². The number of ether oxygens (including phenoxy) is 1. The van der Waals surface area contributed by atoms with E-state index in [1.165, 1.54) is 76.1 Å². The summed E-state index contributed by atoms with van der Waals surface area (Å²) in [6.07, 6.45) is 11.4. The molecule has 2 rings (SSSR count). The van der Waals surface area contributed by atoms with Crippen molar-refractivity contribution in [2.75, 3.05) is 31.3 Å². The van der Waals surface area contributed by atoms with Crippen LogP contribution in [0.3, 0.4) is 0 Å². The van der Waals surface area contributed by atoms with Crippen LogP contribution < -0.4 is 0 Å². The number of thioether (sulfide) groups is 1. The zero-order valence-corrected chi connectivity index (χ0v) is 13.1. The minimum Gasteiger partial charge on any atom is -0.378 e. The first-order valence-electron chi connectivity index (χ1n) is 7.37. The number of hydrogen-bond donors (Lipinski definition) is 0. The van der Waals surface area contributed by atoms with Gasteiger partial charge >= 0.3 is 0 Å². The van der Waals surface area contributed by atoms with Crippen molar-refractivity contribution in [2.45, 2.75) is 57.5 Å². The van der Waals surface area contributed by atoms with Crippen LogP contribution >= 0.6 is 24.2 Å². The molecule has 0 N–H and O–H groups in total. The molecule has 2 nitrogen and oxygen atoms in total. The first-order chi connectivity index (χ1) is 8.45. The lowest BCUT2D eigenvalue weighted by Crippen LogP contribution is -2.21. The van der Waals surface area contributed by atoms with E-state index in [1.807, 2.05) is 0 Å². The van der Waals surface area contributed by atoms with Crippen LogP contribution in [0.25, 0.3) is 0 Å². The van der Waals surface area contributed by atoms with Crippen molar-refractivity contribution in [3.8, 4) is 0 Å². The summed E-state index contributed by atoms with van der Waals surface area (Å²) in [5, 5.41) is 0. The minimum absolute atomic E-state index is 0. The predicted molar refractivity (Wildman–Crippen MR) is 82.8 cm³/mol. The molecule has 0 aromatic rings. The summed E-state index contributed by atoms with van der Waals surface area (Å²) < 4.78 is 5.94. The van der Waals surface area contributed by atoms with Gasteiger partial charge in [-0.25, -0.2) is 0 Å². The third-order valence-corrected chi connectivity index (χ3v) is 4.87. The van der Waals surface area contributed by atoms with Crippen LogP contribution in [0.2, 0.25) is 0 Å². The third kappa shape index (κ3) is 6.65. The summed E-state index contributed by atoms with van der Waals surface area (Å²) in [5.74, 6) is 2.60. The lowest BCUT2D eigenvalue weighted by Gasteiger charge is -2.22. The maximum atomic E-state index is 5.94.